The third-order valence-corrected chi connectivity index (χ3v) is 6.44. The summed E-state index contributed by atoms with van der Waals surface area (Å²) in [6.07, 6.45) is 1.63. The Bertz CT molecular complexity index is 1520. The van der Waals surface area contributed by atoms with Crippen LogP contribution in [0, 0.1) is 6.92 Å². The van der Waals surface area contributed by atoms with Crippen LogP contribution in [0.15, 0.2) is 103 Å². The molecule has 3 aromatic carbocycles. The molecule has 2 heterocycles. The van der Waals surface area contributed by atoms with E-state index >= 15 is 0 Å². The number of aromatic nitrogens is 1. The molecule has 0 radical (unpaired) electrons. The van der Waals surface area contributed by atoms with Crippen LogP contribution in [0.25, 0.3) is 5.76 Å². The molecule has 190 valence electrons. The van der Waals surface area contributed by atoms with Gasteiger partial charge in [-0.05, 0) is 72.6 Å². The first-order valence-electron chi connectivity index (χ1n) is 12.1. The SMILES string of the molecule is COc1ccc(/C(O)=C2\C(=O)C(=O)N(Cc3ccccn3)C2c2cccc(Oc3ccccc3)c2)c(C)c1. The largest absolute Gasteiger partial charge is 0.507 e. The fraction of sp³-hybridized carbons (Fsp3) is 0.129. The summed E-state index contributed by atoms with van der Waals surface area (Å²) in [6.45, 7) is 1.91. The van der Waals surface area contributed by atoms with Crippen molar-refractivity contribution in [1.29, 1.82) is 0 Å². The molecule has 1 fully saturated rings. The Morgan fingerprint density at radius 2 is 1.66 bits per heavy atom. The van der Waals surface area contributed by atoms with Crippen molar-refractivity contribution in [3.05, 3.63) is 125 Å². The van der Waals surface area contributed by atoms with Crippen molar-refractivity contribution in [2.24, 2.45) is 0 Å². The van der Waals surface area contributed by atoms with Crippen LogP contribution in [-0.4, -0.2) is 33.8 Å². The molecule has 7 heteroatoms. The lowest BCUT2D eigenvalue weighted by atomic mass is 9.93. The average molecular weight is 507 g/mol. The molecule has 7 nitrogen and oxygen atoms in total. The van der Waals surface area contributed by atoms with Gasteiger partial charge in [0.15, 0.2) is 0 Å². The van der Waals surface area contributed by atoms with Crippen LogP contribution in [0.3, 0.4) is 0 Å². The molecule has 1 amide bonds. The molecule has 38 heavy (non-hydrogen) atoms. The smallest absolute Gasteiger partial charge is 0.296 e. The predicted octanol–water partition coefficient (Wildman–Crippen LogP) is 5.81. The first-order chi connectivity index (χ1) is 18.5. The van der Waals surface area contributed by atoms with E-state index in [1.54, 1.807) is 61.8 Å². The number of aliphatic hydroxyl groups is 1. The van der Waals surface area contributed by atoms with Crippen LogP contribution in [0.2, 0.25) is 0 Å². The van der Waals surface area contributed by atoms with Gasteiger partial charge >= 0.3 is 0 Å². The zero-order valence-electron chi connectivity index (χ0n) is 21.0. The Morgan fingerprint density at radius 1 is 0.895 bits per heavy atom. The van der Waals surface area contributed by atoms with E-state index < -0.39 is 17.7 Å². The van der Waals surface area contributed by atoms with Gasteiger partial charge in [-0.25, -0.2) is 0 Å². The fourth-order valence-corrected chi connectivity index (χ4v) is 4.60. The number of hydrogen-bond donors (Lipinski definition) is 1. The molecule has 0 spiro atoms. The highest BCUT2D eigenvalue weighted by Crippen LogP contribution is 2.42. The van der Waals surface area contributed by atoms with Gasteiger partial charge in [-0.1, -0.05) is 36.4 Å². The van der Waals surface area contributed by atoms with Crippen LogP contribution < -0.4 is 9.47 Å². The fourth-order valence-electron chi connectivity index (χ4n) is 4.60. The standard InChI is InChI=1S/C31H26N2O5/c1-20-17-24(37-2)14-15-26(20)29(34)27-28(33(31(36)30(27)35)19-22-10-6-7-16-32-22)21-9-8-13-25(18-21)38-23-11-4-3-5-12-23/h3-18,28,34H,19H2,1-2H3/b29-27+. The van der Waals surface area contributed by atoms with E-state index in [4.69, 9.17) is 9.47 Å². The molecule has 1 aromatic heterocycles. The Kier molecular flexibility index (Phi) is 6.91. The van der Waals surface area contributed by atoms with Gasteiger partial charge in [-0.3, -0.25) is 14.6 Å². The van der Waals surface area contributed by atoms with E-state index in [-0.39, 0.29) is 17.9 Å². The number of ketones is 1. The molecule has 1 atom stereocenters. The molecule has 0 saturated carbocycles. The summed E-state index contributed by atoms with van der Waals surface area (Å²) in [4.78, 5) is 32.6. The lowest BCUT2D eigenvalue weighted by Gasteiger charge is -2.25. The van der Waals surface area contributed by atoms with E-state index in [1.807, 2.05) is 49.4 Å². The highest BCUT2D eigenvalue weighted by atomic mass is 16.5. The first kappa shape index (κ1) is 24.8. The maximum Gasteiger partial charge on any atom is 0.296 e. The number of aryl methyl sites for hydroxylation is 1. The van der Waals surface area contributed by atoms with Crippen LogP contribution in [-0.2, 0) is 16.1 Å². The van der Waals surface area contributed by atoms with Gasteiger partial charge in [0, 0.05) is 11.8 Å². The number of amides is 1. The number of pyridine rings is 1. The molecule has 0 bridgehead atoms. The summed E-state index contributed by atoms with van der Waals surface area (Å²) >= 11 is 0. The van der Waals surface area contributed by atoms with E-state index in [1.165, 1.54) is 4.90 Å². The number of methoxy groups -OCH3 is 1. The van der Waals surface area contributed by atoms with Crippen molar-refractivity contribution in [2.75, 3.05) is 7.11 Å². The van der Waals surface area contributed by atoms with Gasteiger partial charge in [-0.15, -0.1) is 0 Å². The molecular formula is C31H26N2O5. The maximum absolute atomic E-state index is 13.4. The van der Waals surface area contributed by atoms with E-state index in [0.717, 1.165) is 0 Å². The summed E-state index contributed by atoms with van der Waals surface area (Å²) < 4.78 is 11.3. The van der Waals surface area contributed by atoms with Crippen LogP contribution >= 0.6 is 0 Å². The molecule has 1 aliphatic rings. The van der Waals surface area contributed by atoms with Crippen molar-refractivity contribution in [1.82, 2.24) is 9.88 Å². The molecule has 0 aliphatic carbocycles. The lowest BCUT2D eigenvalue weighted by molar-refractivity contribution is -0.140. The Morgan fingerprint density at radius 3 is 2.37 bits per heavy atom. The Hall–Kier alpha value is -4.91. The summed E-state index contributed by atoms with van der Waals surface area (Å²) in [5, 5.41) is 11.5. The topological polar surface area (TPSA) is 89.0 Å². The Balaban J connectivity index is 1.63. The van der Waals surface area contributed by atoms with Gasteiger partial charge < -0.3 is 19.5 Å². The van der Waals surface area contributed by atoms with Crippen LogP contribution in [0.4, 0.5) is 0 Å². The first-order valence-corrected chi connectivity index (χ1v) is 12.1. The predicted molar refractivity (Wildman–Crippen MR) is 143 cm³/mol. The quantitative estimate of drug-likeness (QED) is 0.193. The molecular weight excluding hydrogens is 480 g/mol. The number of nitrogens with zero attached hydrogens (tertiary/aromatic N) is 2. The second-order valence-electron chi connectivity index (χ2n) is 8.92. The normalized spacial score (nSPS) is 16.5. The number of rotatable bonds is 7. The number of carbonyl (C=O) groups excluding carboxylic acids is 2. The number of para-hydroxylation sites is 1. The highest BCUT2D eigenvalue weighted by Gasteiger charge is 2.46. The van der Waals surface area contributed by atoms with E-state index in [9.17, 15) is 14.7 Å². The minimum absolute atomic E-state index is 0.0102. The van der Waals surface area contributed by atoms with Gasteiger partial charge in [-0.2, -0.15) is 0 Å². The van der Waals surface area contributed by atoms with Crippen LogP contribution in [0.5, 0.6) is 17.2 Å². The van der Waals surface area contributed by atoms with Crippen molar-refractivity contribution in [3.8, 4) is 17.2 Å². The van der Waals surface area contributed by atoms with E-state index in [2.05, 4.69) is 4.98 Å². The lowest BCUT2D eigenvalue weighted by Crippen LogP contribution is -2.29. The number of likely N-dealkylation sites (tertiary alicyclic amines) is 1. The van der Waals surface area contributed by atoms with E-state index in [0.29, 0.717) is 39.6 Å². The highest BCUT2D eigenvalue weighted by molar-refractivity contribution is 6.46. The third kappa shape index (κ3) is 4.86. The van der Waals surface area contributed by atoms with Gasteiger partial charge in [0.1, 0.15) is 23.0 Å². The van der Waals surface area contributed by atoms with Crippen molar-refractivity contribution in [3.63, 3.8) is 0 Å². The van der Waals surface area contributed by atoms with Gasteiger partial charge in [0.2, 0.25) is 0 Å². The summed E-state index contributed by atoms with van der Waals surface area (Å²) in [5.74, 6) is 0.109. The maximum atomic E-state index is 13.4. The monoisotopic (exact) mass is 506 g/mol. The average Bonchev–Trinajstić information content (AvgIpc) is 3.19. The number of Topliss-reactive ketones (excluding diaryl/α,β-unsaturated/α-hetero) is 1. The summed E-state index contributed by atoms with van der Waals surface area (Å²) in [6, 6.07) is 26.2. The second-order valence-corrected chi connectivity index (χ2v) is 8.92. The van der Waals surface area contributed by atoms with Gasteiger partial charge in [0.25, 0.3) is 11.7 Å². The zero-order valence-corrected chi connectivity index (χ0v) is 21.0. The molecule has 1 saturated heterocycles. The second kappa shape index (κ2) is 10.6. The summed E-state index contributed by atoms with van der Waals surface area (Å²) in [5.41, 5.74) is 2.41. The molecule has 5 rings (SSSR count). The van der Waals surface area contributed by atoms with Crippen molar-refractivity contribution in [2.45, 2.75) is 19.5 Å². The number of benzene rings is 3. The van der Waals surface area contributed by atoms with Gasteiger partial charge in [0.05, 0.1) is 31.0 Å². The number of ether oxygens (including phenoxy) is 2. The minimum Gasteiger partial charge on any atom is -0.507 e. The molecule has 4 aromatic rings. The Labute approximate surface area is 220 Å². The number of hydrogen-bond acceptors (Lipinski definition) is 6. The summed E-state index contributed by atoms with van der Waals surface area (Å²) in [7, 11) is 1.56. The number of aliphatic hydroxyl groups excluding tert-OH is 1. The zero-order chi connectivity index (χ0) is 26.6. The van der Waals surface area contributed by atoms with Crippen molar-refractivity contribution < 1.29 is 24.2 Å². The van der Waals surface area contributed by atoms with Crippen molar-refractivity contribution >= 4 is 17.4 Å². The third-order valence-electron chi connectivity index (χ3n) is 6.44. The number of carbonyl (C=O) groups is 2. The molecule has 1 N–H and O–H groups in total. The molecule has 1 aliphatic heterocycles. The van der Waals surface area contributed by atoms with Crippen LogP contribution in [0.1, 0.15) is 28.4 Å². The molecule has 1 unspecified atom stereocenters. The minimum atomic E-state index is -0.849.